The predicted octanol–water partition coefficient (Wildman–Crippen LogP) is 4.47. The van der Waals surface area contributed by atoms with Crippen LogP contribution in [-0.4, -0.2) is 17.7 Å². The largest absolute Gasteiger partial charge is 0.508 e. The van der Waals surface area contributed by atoms with Crippen LogP contribution >= 0.6 is 0 Å². The minimum absolute atomic E-state index is 0.261. The maximum absolute atomic E-state index is 11.7. The lowest BCUT2D eigenvalue weighted by molar-refractivity contribution is -0.139. The number of phenolic OH excluding ortho intramolecular Hbond substituents is 1. The van der Waals surface area contributed by atoms with E-state index in [9.17, 15) is 9.90 Å². The number of unbranched alkanes of at least 4 members (excludes halogenated alkanes) is 1. The normalized spacial score (nSPS) is 12.5. The molecule has 0 aliphatic carbocycles. The molecule has 21 heavy (non-hydrogen) atoms. The standard InChI is InChI=1S/C18H26O3/c1-4-6-7-15(5-2)13-21-18(20)11-9-16-8-10-17(19)14(3)12-16/h8-12,15,19H,4-7,13H2,1-3H3/b11-9+. The zero-order valence-electron chi connectivity index (χ0n) is 13.3. The maximum Gasteiger partial charge on any atom is 0.330 e. The third kappa shape index (κ3) is 6.48. The summed E-state index contributed by atoms with van der Waals surface area (Å²) in [5, 5.41) is 9.45. The van der Waals surface area contributed by atoms with Gasteiger partial charge in [-0.05, 0) is 48.6 Å². The average Bonchev–Trinajstić information content (AvgIpc) is 2.48. The van der Waals surface area contributed by atoms with E-state index in [4.69, 9.17) is 4.74 Å². The van der Waals surface area contributed by atoms with Crippen molar-refractivity contribution in [3.63, 3.8) is 0 Å². The molecule has 3 nitrogen and oxygen atoms in total. The summed E-state index contributed by atoms with van der Waals surface area (Å²) in [4.78, 5) is 11.7. The van der Waals surface area contributed by atoms with Crippen LogP contribution in [0.25, 0.3) is 6.08 Å². The second kappa shape index (κ2) is 9.22. The summed E-state index contributed by atoms with van der Waals surface area (Å²) in [7, 11) is 0. The van der Waals surface area contributed by atoms with Crippen molar-refractivity contribution in [2.75, 3.05) is 6.61 Å². The molecule has 0 aliphatic heterocycles. The number of aryl methyl sites for hydroxylation is 1. The summed E-state index contributed by atoms with van der Waals surface area (Å²) in [5.41, 5.74) is 1.66. The van der Waals surface area contributed by atoms with Crippen LogP contribution in [-0.2, 0) is 9.53 Å². The molecule has 0 heterocycles. The third-order valence-corrected chi connectivity index (χ3v) is 3.64. The SMILES string of the molecule is CCCCC(CC)COC(=O)/C=C/c1ccc(O)c(C)c1. The highest BCUT2D eigenvalue weighted by Gasteiger charge is 2.08. The van der Waals surface area contributed by atoms with Crippen LogP contribution in [0.3, 0.4) is 0 Å². The number of carbonyl (C=O) groups excluding carboxylic acids is 1. The number of aromatic hydroxyl groups is 1. The van der Waals surface area contributed by atoms with Crippen LogP contribution < -0.4 is 0 Å². The topological polar surface area (TPSA) is 46.5 Å². The molecule has 1 unspecified atom stereocenters. The minimum Gasteiger partial charge on any atom is -0.508 e. The lowest BCUT2D eigenvalue weighted by Crippen LogP contribution is -2.12. The molecule has 1 aromatic carbocycles. The third-order valence-electron chi connectivity index (χ3n) is 3.64. The van der Waals surface area contributed by atoms with Crippen molar-refractivity contribution in [3.05, 3.63) is 35.4 Å². The Hall–Kier alpha value is -1.77. The van der Waals surface area contributed by atoms with Gasteiger partial charge < -0.3 is 9.84 Å². The first kappa shape index (κ1) is 17.3. The second-order valence-electron chi connectivity index (χ2n) is 5.43. The van der Waals surface area contributed by atoms with Gasteiger partial charge >= 0.3 is 5.97 Å². The van der Waals surface area contributed by atoms with Gasteiger partial charge in [-0.2, -0.15) is 0 Å². The highest BCUT2D eigenvalue weighted by Crippen LogP contribution is 2.18. The van der Waals surface area contributed by atoms with Gasteiger partial charge in [0, 0.05) is 6.08 Å². The van der Waals surface area contributed by atoms with Gasteiger partial charge in [0.2, 0.25) is 0 Å². The molecule has 1 rings (SSSR count). The van der Waals surface area contributed by atoms with E-state index in [1.165, 1.54) is 18.9 Å². The summed E-state index contributed by atoms with van der Waals surface area (Å²) in [6, 6.07) is 5.22. The smallest absolute Gasteiger partial charge is 0.330 e. The number of hydrogen-bond donors (Lipinski definition) is 1. The zero-order valence-corrected chi connectivity index (χ0v) is 13.3. The van der Waals surface area contributed by atoms with Gasteiger partial charge in [0.25, 0.3) is 0 Å². The summed E-state index contributed by atoms with van der Waals surface area (Å²) in [5.74, 6) is 0.408. The molecule has 0 saturated heterocycles. The Balaban J connectivity index is 2.45. The van der Waals surface area contributed by atoms with Crippen LogP contribution in [0.1, 0.15) is 50.7 Å². The molecule has 1 atom stereocenters. The fourth-order valence-electron chi connectivity index (χ4n) is 2.09. The molecule has 116 valence electrons. The molecule has 3 heteroatoms. The van der Waals surface area contributed by atoms with Gasteiger partial charge in [0.15, 0.2) is 0 Å². The van der Waals surface area contributed by atoms with Crippen molar-refractivity contribution in [3.8, 4) is 5.75 Å². The molecule has 1 N–H and O–H groups in total. The van der Waals surface area contributed by atoms with Crippen LogP contribution in [0, 0.1) is 12.8 Å². The van der Waals surface area contributed by atoms with Crippen LogP contribution in [0.5, 0.6) is 5.75 Å². The van der Waals surface area contributed by atoms with Gasteiger partial charge in [-0.15, -0.1) is 0 Å². The Morgan fingerprint density at radius 3 is 2.76 bits per heavy atom. The van der Waals surface area contributed by atoms with E-state index in [1.807, 2.05) is 13.0 Å². The molecular formula is C18H26O3. The first-order chi connectivity index (χ1) is 10.1. The van der Waals surface area contributed by atoms with E-state index in [1.54, 1.807) is 18.2 Å². The Morgan fingerprint density at radius 1 is 1.38 bits per heavy atom. The zero-order chi connectivity index (χ0) is 15.7. The van der Waals surface area contributed by atoms with Crippen molar-refractivity contribution in [1.29, 1.82) is 0 Å². The minimum atomic E-state index is -0.310. The number of esters is 1. The maximum atomic E-state index is 11.7. The quantitative estimate of drug-likeness (QED) is 0.567. The molecule has 0 amide bonds. The molecule has 0 fully saturated rings. The number of benzene rings is 1. The fourth-order valence-corrected chi connectivity index (χ4v) is 2.09. The predicted molar refractivity (Wildman–Crippen MR) is 86.1 cm³/mol. The first-order valence-corrected chi connectivity index (χ1v) is 7.71. The van der Waals surface area contributed by atoms with Crippen LogP contribution in [0.15, 0.2) is 24.3 Å². The van der Waals surface area contributed by atoms with Crippen molar-refractivity contribution in [2.24, 2.45) is 5.92 Å². The first-order valence-electron chi connectivity index (χ1n) is 7.71. The lowest BCUT2D eigenvalue weighted by atomic mass is 10.0. The average molecular weight is 290 g/mol. The molecule has 0 radical (unpaired) electrons. The van der Waals surface area contributed by atoms with Crippen molar-refractivity contribution >= 4 is 12.0 Å². The monoisotopic (exact) mass is 290 g/mol. The fraction of sp³-hybridized carbons (Fsp3) is 0.500. The Bertz CT molecular complexity index is 477. The van der Waals surface area contributed by atoms with E-state index in [0.717, 1.165) is 24.0 Å². The summed E-state index contributed by atoms with van der Waals surface area (Å²) in [6.45, 7) is 6.61. The summed E-state index contributed by atoms with van der Waals surface area (Å²) < 4.78 is 5.29. The number of carbonyl (C=O) groups is 1. The van der Waals surface area contributed by atoms with Gasteiger partial charge in [0.05, 0.1) is 6.61 Å². The summed E-state index contributed by atoms with van der Waals surface area (Å²) in [6.07, 6.45) is 7.65. The van der Waals surface area contributed by atoms with Gasteiger partial charge in [0.1, 0.15) is 5.75 Å². The van der Waals surface area contributed by atoms with E-state index in [2.05, 4.69) is 13.8 Å². The number of ether oxygens (including phenoxy) is 1. The molecule has 0 bridgehead atoms. The van der Waals surface area contributed by atoms with Crippen molar-refractivity contribution in [1.82, 2.24) is 0 Å². The second-order valence-corrected chi connectivity index (χ2v) is 5.43. The number of phenols is 1. The Kier molecular flexibility index (Phi) is 7.59. The van der Waals surface area contributed by atoms with Gasteiger partial charge in [-0.25, -0.2) is 4.79 Å². The molecule has 0 aromatic heterocycles. The van der Waals surface area contributed by atoms with Gasteiger partial charge in [-0.3, -0.25) is 0 Å². The lowest BCUT2D eigenvalue weighted by Gasteiger charge is -2.13. The Morgan fingerprint density at radius 2 is 2.14 bits per heavy atom. The molecule has 1 aromatic rings. The van der Waals surface area contributed by atoms with E-state index in [-0.39, 0.29) is 11.7 Å². The molecule has 0 aliphatic rings. The van der Waals surface area contributed by atoms with Crippen LogP contribution in [0.2, 0.25) is 0 Å². The molecular weight excluding hydrogens is 264 g/mol. The van der Waals surface area contributed by atoms with E-state index in [0.29, 0.717) is 12.5 Å². The van der Waals surface area contributed by atoms with E-state index < -0.39 is 0 Å². The molecule has 0 saturated carbocycles. The highest BCUT2D eigenvalue weighted by molar-refractivity contribution is 5.87. The summed E-state index contributed by atoms with van der Waals surface area (Å²) >= 11 is 0. The highest BCUT2D eigenvalue weighted by atomic mass is 16.5. The number of rotatable bonds is 8. The Labute approximate surface area is 127 Å². The van der Waals surface area contributed by atoms with E-state index >= 15 is 0 Å². The van der Waals surface area contributed by atoms with Crippen LogP contribution in [0.4, 0.5) is 0 Å². The molecule has 0 spiro atoms. The van der Waals surface area contributed by atoms with Crippen molar-refractivity contribution < 1.29 is 14.6 Å². The van der Waals surface area contributed by atoms with Crippen molar-refractivity contribution in [2.45, 2.75) is 46.5 Å². The number of hydrogen-bond acceptors (Lipinski definition) is 3. The van der Waals surface area contributed by atoms with Gasteiger partial charge in [-0.1, -0.05) is 39.2 Å².